The first-order valence-electron chi connectivity index (χ1n) is 6.51. The Labute approximate surface area is 114 Å². The minimum atomic E-state index is 0.00247. The van der Waals surface area contributed by atoms with Crippen molar-refractivity contribution in [3.63, 3.8) is 0 Å². The van der Waals surface area contributed by atoms with Crippen LogP contribution in [0, 0.1) is 13.8 Å². The molecule has 0 radical (unpaired) electrons. The van der Waals surface area contributed by atoms with E-state index < -0.39 is 0 Å². The number of carbonyl (C=O) groups excluding carboxylic acids is 1. The Morgan fingerprint density at radius 1 is 1.00 bits per heavy atom. The highest BCUT2D eigenvalue weighted by atomic mass is 16.1. The van der Waals surface area contributed by atoms with Crippen molar-refractivity contribution in [2.75, 3.05) is 0 Å². The summed E-state index contributed by atoms with van der Waals surface area (Å²) in [5.41, 5.74) is 4.95. The van der Waals surface area contributed by atoms with Gasteiger partial charge in [-0.2, -0.15) is 0 Å². The maximum absolute atomic E-state index is 10.9. The third kappa shape index (κ3) is 3.47. The molecule has 1 aromatic heterocycles. The van der Waals surface area contributed by atoms with Crippen molar-refractivity contribution < 1.29 is 4.79 Å². The molecule has 0 aliphatic rings. The maximum atomic E-state index is 10.9. The van der Waals surface area contributed by atoms with Gasteiger partial charge in [-0.05, 0) is 37.1 Å². The lowest BCUT2D eigenvalue weighted by Gasteiger charge is -2.10. The molecular weight excluding hydrogens is 236 g/mol. The fourth-order valence-corrected chi connectivity index (χ4v) is 2.12. The molecule has 0 aliphatic heterocycles. The van der Waals surface area contributed by atoms with Gasteiger partial charge in [0.1, 0.15) is 0 Å². The summed E-state index contributed by atoms with van der Waals surface area (Å²) in [5, 5.41) is 2.80. The number of amides is 1. The van der Waals surface area contributed by atoms with Crippen LogP contribution in [0.25, 0.3) is 0 Å². The van der Waals surface area contributed by atoms with Crippen molar-refractivity contribution in [3.8, 4) is 0 Å². The molecule has 3 heteroatoms. The van der Waals surface area contributed by atoms with Crippen LogP contribution >= 0.6 is 0 Å². The molecule has 19 heavy (non-hydrogen) atoms. The summed E-state index contributed by atoms with van der Waals surface area (Å²) in [6, 6.07) is 12.7. The van der Waals surface area contributed by atoms with Crippen molar-refractivity contribution in [2.45, 2.75) is 33.9 Å². The Morgan fingerprint density at radius 2 is 1.53 bits per heavy atom. The van der Waals surface area contributed by atoms with Crippen LogP contribution in [0.2, 0.25) is 0 Å². The van der Waals surface area contributed by atoms with E-state index in [1.807, 2.05) is 0 Å². The molecule has 0 saturated heterocycles. The monoisotopic (exact) mass is 256 g/mol. The van der Waals surface area contributed by atoms with Crippen molar-refractivity contribution in [1.29, 1.82) is 0 Å². The molecule has 1 N–H and O–H groups in total. The van der Waals surface area contributed by atoms with Gasteiger partial charge in [0.05, 0.1) is 0 Å². The zero-order valence-electron chi connectivity index (χ0n) is 11.7. The molecule has 100 valence electrons. The van der Waals surface area contributed by atoms with E-state index in [0.717, 1.165) is 12.1 Å². The zero-order chi connectivity index (χ0) is 13.8. The number of aromatic nitrogens is 1. The summed E-state index contributed by atoms with van der Waals surface area (Å²) in [7, 11) is 0. The molecule has 2 rings (SSSR count). The molecule has 1 heterocycles. The average Bonchev–Trinajstić information content (AvgIpc) is 2.70. The molecule has 0 fully saturated rings. The number of hydrogen-bond donors (Lipinski definition) is 1. The molecule has 3 nitrogen and oxygen atoms in total. The minimum absolute atomic E-state index is 0.00247. The molecular formula is C16H20N2O. The number of rotatable bonds is 4. The fraction of sp³-hybridized carbons (Fsp3) is 0.312. The topological polar surface area (TPSA) is 34.0 Å². The first kappa shape index (κ1) is 13.4. The van der Waals surface area contributed by atoms with Crippen LogP contribution in [0.4, 0.5) is 0 Å². The normalized spacial score (nSPS) is 10.5. The van der Waals surface area contributed by atoms with E-state index in [-0.39, 0.29) is 5.91 Å². The van der Waals surface area contributed by atoms with Crippen LogP contribution < -0.4 is 5.32 Å². The van der Waals surface area contributed by atoms with E-state index in [1.54, 1.807) is 0 Å². The summed E-state index contributed by atoms with van der Waals surface area (Å²) in [4.78, 5) is 10.9. The van der Waals surface area contributed by atoms with Gasteiger partial charge in [-0.25, -0.2) is 0 Å². The Bertz CT molecular complexity index is 547. The number of nitrogens with zero attached hydrogens (tertiary/aromatic N) is 1. The summed E-state index contributed by atoms with van der Waals surface area (Å²) in [5.74, 6) is 0.00247. The first-order chi connectivity index (χ1) is 9.06. The zero-order valence-corrected chi connectivity index (χ0v) is 11.7. The van der Waals surface area contributed by atoms with Gasteiger partial charge in [-0.1, -0.05) is 24.3 Å². The van der Waals surface area contributed by atoms with Crippen LogP contribution in [-0.2, 0) is 17.9 Å². The van der Waals surface area contributed by atoms with Gasteiger partial charge in [0.15, 0.2) is 0 Å². The molecule has 0 unspecified atom stereocenters. The number of hydrogen-bond acceptors (Lipinski definition) is 1. The first-order valence-corrected chi connectivity index (χ1v) is 6.51. The largest absolute Gasteiger partial charge is 0.352 e. The number of benzene rings is 1. The summed E-state index contributed by atoms with van der Waals surface area (Å²) < 4.78 is 2.29. The van der Waals surface area contributed by atoms with Gasteiger partial charge in [0.25, 0.3) is 0 Å². The second-order valence-corrected chi connectivity index (χ2v) is 4.93. The van der Waals surface area contributed by atoms with Gasteiger partial charge in [-0.3, -0.25) is 4.79 Å². The Balaban J connectivity index is 2.05. The lowest BCUT2D eigenvalue weighted by molar-refractivity contribution is -0.119. The Kier molecular flexibility index (Phi) is 4.05. The SMILES string of the molecule is CC(=O)NCc1ccc(Cn2c(C)ccc2C)cc1. The van der Waals surface area contributed by atoms with Crippen molar-refractivity contribution in [2.24, 2.45) is 0 Å². The number of carbonyl (C=O) groups is 1. The van der Waals surface area contributed by atoms with Crippen LogP contribution in [-0.4, -0.2) is 10.5 Å². The molecule has 0 bridgehead atoms. The Hall–Kier alpha value is -2.03. The highest BCUT2D eigenvalue weighted by Gasteiger charge is 2.02. The van der Waals surface area contributed by atoms with E-state index in [4.69, 9.17) is 0 Å². The summed E-state index contributed by atoms with van der Waals surface area (Å²) in [6.45, 7) is 7.27. The van der Waals surface area contributed by atoms with Gasteiger partial charge in [0.2, 0.25) is 5.91 Å². The van der Waals surface area contributed by atoms with E-state index in [1.165, 1.54) is 23.9 Å². The lowest BCUT2D eigenvalue weighted by Crippen LogP contribution is -2.18. The predicted molar refractivity (Wildman–Crippen MR) is 77.0 cm³/mol. The third-order valence-corrected chi connectivity index (χ3v) is 3.32. The maximum Gasteiger partial charge on any atom is 0.217 e. The number of aryl methyl sites for hydroxylation is 2. The highest BCUT2D eigenvalue weighted by Crippen LogP contribution is 2.12. The molecule has 0 saturated carbocycles. The van der Waals surface area contributed by atoms with E-state index >= 15 is 0 Å². The quantitative estimate of drug-likeness (QED) is 0.896. The molecule has 2 aromatic rings. The summed E-state index contributed by atoms with van der Waals surface area (Å²) in [6.07, 6.45) is 0. The van der Waals surface area contributed by atoms with Crippen molar-refractivity contribution in [1.82, 2.24) is 9.88 Å². The third-order valence-electron chi connectivity index (χ3n) is 3.32. The smallest absolute Gasteiger partial charge is 0.217 e. The molecule has 1 amide bonds. The predicted octanol–water partition coefficient (Wildman–Crippen LogP) is 2.79. The van der Waals surface area contributed by atoms with Crippen LogP contribution in [0.1, 0.15) is 29.4 Å². The fourth-order valence-electron chi connectivity index (χ4n) is 2.12. The van der Waals surface area contributed by atoms with E-state index in [9.17, 15) is 4.79 Å². The van der Waals surface area contributed by atoms with Crippen LogP contribution in [0.5, 0.6) is 0 Å². The standard InChI is InChI=1S/C16H20N2O/c1-12-4-5-13(2)18(12)11-16-8-6-15(7-9-16)10-17-14(3)19/h4-9H,10-11H2,1-3H3,(H,17,19). The molecule has 0 aliphatic carbocycles. The average molecular weight is 256 g/mol. The van der Waals surface area contributed by atoms with Crippen LogP contribution in [0.3, 0.4) is 0 Å². The molecule has 1 aromatic carbocycles. The second kappa shape index (κ2) is 5.74. The number of nitrogens with one attached hydrogen (secondary N) is 1. The molecule has 0 atom stereocenters. The van der Waals surface area contributed by atoms with E-state index in [0.29, 0.717) is 6.54 Å². The van der Waals surface area contributed by atoms with Gasteiger partial charge >= 0.3 is 0 Å². The van der Waals surface area contributed by atoms with Gasteiger partial charge in [-0.15, -0.1) is 0 Å². The molecule has 0 spiro atoms. The Morgan fingerprint density at radius 3 is 2.05 bits per heavy atom. The second-order valence-electron chi connectivity index (χ2n) is 4.93. The minimum Gasteiger partial charge on any atom is -0.352 e. The van der Waals surface area contributed by atoms with Crippen molar-refractivity contribution >= 4 is 5.91 Å². The van der Waals surface area contributed by atoms with Gasteiger partial charge < -0.3 is 9.88 Å². The lowest BCUT2D eigenvalue weighted by atomic mass is 10.1. The van der Waals surface area contributed by atoms with Crippen LogP contribution in [0.15, 0.2) is 36.4 Å². The summed E-state index contributed by atoms with van der Waals surface area (Å²) >= 11 is 0. The highest BCUT2D eigenvalue weighted by molar-refractivity contribution is 5.72. The van der Waals surface area contributed by atoms with E-state index in [2.05, 4.69) is 60.1 Å². The van der Waals surface area contributed by atoms with Crippen molar-refractivity contribution in [3.05, 3.63) is 58.9 Å². The van der Waals surface area contributed by atoms with Gasteiger partial charge in [0, 0.05) is 31.4 Å².